The Kier molecular flexibility index (Phi) is 3.33. The molecule has 16 heavy (non-hydrogen) atoms. The molecule has 0 aromatic heterocycles. The summed E-state index contributed by atoms with van der Waals surface area (Å²) in [6.45, 7) is 0.598. The maximum Gasteiger partial charge on any atom is 0.228 e. The highest BCUT2D eigenvalue weighted by molar-refractivity contribution is 9.09. The van der Waals surface area contributed by atoms with Crippen molar-refractivity contribution in [2.24, 2.45) is 0 Å². The molecule has 1 fully saturated rings. The summed E-state index contributed by atoms with van der Waals surface area (Å²) in [6.07, 6.45) is 0.472. The van der Waals surface area contributed by atoms with Crippen LogP contribution in [0.1, 0.15) is 6.42 Å². The number of hydrogen-bond donors (Lipinski definition) is 1. The lowest BCUT2D eigenvalue weighted by atomic mass is 10.2. The van der Waals surface area contributed by atoms with Crippen molar-refractivity contribution in [3.63, 3.8) is 0 Å². The first-order valence-corrected chi connectivity index (χ1v) is 6.35. The molecule has 2 N–H and O–H groups in total. The fraction of sp³-hybridized carbons (Fsp3) is 0.300. The van der Waals surface area contributed by atoms with Crippen LogP contribution in [-0.4, -0.2) is 17.3 Å². The molecule has 0 aliphatic carbocycles. The van der Waals surface area contributed by atoms with Gasteiger partial charge in [-0.25, -0.2) is 0 Å². The predicted octanol–water partition coefficient (Wildman–Crippen LogP) is 3.08. The summed E-state index contributed by atoms with van der Waals surface area (Å²) in [6, 6.07) is 3.19. The number of rotatable bonds is 1. The number of amides is 1. The number of nitrogen functional groups attached to an aromatic ring is 1. The molecule has 1 amide bonds. The van der Waals surface area contributed by atoms with E-state index < -0.39 is 0 Å². The first-order chi connectivity index (χ1) is 7.49. The van der Waals surface area contributed by atoms with Crippen LogP contribution in [0.5, 0.6) is 0 Å². The molecule has 2 rings (SSSR count). The van der Waals surface area contributed by atoms with Gasteiger partial charge in [0.1, 0.15) is 0 Å². The van der Waals surface area contributed by atoms with Crippen molar-refractivity contribution in [3.8, 4) is 0 Å². The highest BCUT2D eigenvalue weighted by atomic mass is 79.9. The van der Waals surface area contributed by atoms with E-state index in [2.05, 4.69) is 15.9 Å². The van der Waals surface area contributed by atoms with E-state index in [9.17, 15) is 4.79 Å². The van der Waals surface area contributed by atoms with Crippen molar-refractivity contribution in [1.82, 2.24) is 0 Å². The van der Waals surface area contributed by atoms with E-state index in [-0.39, 0.29) is 10.7 Å². The number of nitrogens with zero attached hydrogens (tertiary/aromatic N) is 1. The van der Waals surface area contributed by atoms with Gasteiger partial charge in [-0.1, -0.05) is 39.1 Å². The average Bonchev–Trinajstić information content (AvgIpc) is 2.51. The van der Waals surface area contributed by atoms with Gasteiger partial charge in [-0.05, 0) is 12.1 Å². The molecule has 3 nitrogen and oxygen atoms in total. The second kappa shape index (κ2) is 4.43. The zero-order chi connectivity index (χ0) is 11.9. The minimum atomic E-state index is 0.0342. The summed E-state index contributed by atoms with van der Waals surface area (Å²) < 4.78 is 0. The Morgan fingerprint density at radius 1 is 1.38 bits per heavy atom. The lowest BCUT2D eigenvalue weighted by Crippen LogP contribution is -2.25. The number of carbonyl (C=O) groups excluding carboxylic acids is 1. The number of hydrogen-bond acceptors (Lipinski definition) is 2. The largest absolute Gasteiger partial charge is 0.397 e. The van der Waals surface area contributed by atoms with E-state index in [0.717, 1.165) is 0 Å². The van der Waals surface area contributed by atoms with E-state index >= 15 is 0 Å². The van der Waals surface area contributed by atoms with Gasteiger partial charge in [0.25, 0.3) is 0 Å². The smallest absolute Gasteiger partial charge is 0.228 e. The summed E-state index contributed by atoms with van der Waals surface area (Å²) >= 11 is 15.2. The van der Waals surface area contributed by atoms with Crippen LogP contribution in [-0.2, 0) is 4.79 Å². The van der Waals surface area contributed by atoms with Crippen LogP contribution in [0.15, 0.2) is 12.1 Å². The molecule has 1 aliphatic heterocycles. The van der Waals surface area contributed by atoms with Gasteiger partial charge in [0.05, 0.1) is 21.4 Å². The Hall–Kier alpha value is -0.450. The van der Waals surface area contributed by atoms with Crippen LogP contribution >= 0.6 is 39.1 Å². The van der Waals surface area contributed by atoms with E-state index in [1.165, 1.54) is 0 Å². The van der Waals surface area contributed by atoms with Crippen LogP contribution in [0.2, 0.25) is 10.0 Å². The topological polar surface area (TPSA) is 46.3 Å². The van der Waals surface area contributed by atoms with Gasteiger partial charge < -0.3 is 10.6 Å². The molecular weight excluding hydrogens is 315 g/mol. The fourth-order valence-corrected chi connectivity index (χ4v) is 2.58. The summed E-state index contributed by atoms with van der Waals surface area (Å²) in [4.78, 5) is 13.5. The Morgan fingerprint density at radius 3 is 2.56 bits per heavy atom. The van der Waals surface area contributed by atoms with Gasteiger partial charge >= 0.3 is 0 Å². The molecule has 1 unspecified atom stereocenters. The van der Waals surface area contributed by atoms with Gasteiger partial charge in [-0.15, -0.1) is 0 Å². The molecule has 0 saturated carbocycles. The van der Waals surface area contributed by atoms with Crippen molar-refractivity contribution in [2.45, 2.75) is 11.2 Å². The summed E-state index contributed by atoms with van der Waals surface area (Å²) in [5.74, 6) is 0.0342. The Bertz CT molecular complexity index is 453. The second-order valence-electron chi connectivity index (χ2n) is 3.63. The molecule has 0 spiro atoms. The first kappa shape index (κ1) is 12.0. The van der Waals surface area contributed by atoms with Crippen molar-refractivity contribution in [2.75, 3.05) is 17.2 Å². The Balaban J connectivity index is 2.41. The monoisotopic (exact) mass is 322 g/mol. The van der Waals surface area contributed by atoms with Gasteiger partial charge in [-0.2, -0.15) is 0 Å². The van der Waals surface area contributed by atoms with Crippen LogP contribution in [0, 0.1) is 0 Å². The third-order valence-electron chi connectivity index (χ3n) is 2.44. The zero-order valence-corrected chi connectivity index (χ0v) is 11.3. The van der Waals surface area contributed by atoms with E-state index in [1.54, 1.807) is 17.0 Å². The normalized spacial score (nSPS) is 20.6. The minimum absolute atomic E-state index is 0.0342. The highest BCUT2D eigenvalue weighted by Crippen LogP contribution is 2.35. The van der Waals surface area contributed by atoms with E-state index in [4.69, 9.17) is 28.9 Å². The predicted molar refractivity (Wildman–Crippen MR) is 70.6 cm³/mol. The van der Waals surface area contributed by atoms with Crippen LogP contribution < -0.4 is 10.6 Å². The number of carbonyl (C=O) groups is 1. The van der Waals surface area contributed by atoms with E-state index in [0.29, 0.717) is 34.4 Å². The van der Waals surface area contributed by atoms with Crippen molar-refractivity contribution < 1.29 is 4.79 Å². The van der Waals surface area contributed by atoms with Crippen molar-refractivity contribution in [3.05, 3.63) is 22.2 Å². The lowest BCUT2D eigenvalue weighted by molar-refractivity contribution is -0.117. The van der Waals surface area contributed by atoms with E-state index in [1.807, 2.05) is 0 Å². The number of nitrogens with two attached hydrogens (primary N) is 1. The molecule has 86 valence electrons. The minimum Gasteiger partial charge on any atom is -0.397 e. The van der Waals surface area contributed by atoms with Crippen molar-refractivity contribution in [1.29, 1.82) is 0 Å². The maximum absolute atomic E-state index is 11.7. The number of anilines is 2. The zero-order valence-electron chi connectivity index (χ0n) is 8.21. The molecule has 1 saturated heterocycles. The standard InChI is InChI=1S/C10H9BrCl2N2O/c11-5-1-10(16)15(4-5)9-3-7(13)6(12)2-8(9)14/h2-3,5H,1,4,14H2. The molecule has 6 heteroatoms. The maximum atomic E-state index is 11.7. The van der Waals surface area contributed by atoms with Crippen molar-refractivity contribution >= 4 is 56.4 Å². The molecule has 1 aromatic rings. The van der Waals surface area contributed by atoms with Crippen LogP contribution in [0.4, 0.5) is 11.4 Å². The molecular formula is C10H9BrCl2N2O. The fourth-order valence-electron chi connectivity index (χ4n) is 1.68. The van der Waals surface area contributed by atoms with Gasteiger partial charge in [0, 0.05) is 17.8 Å². The molecule has 1 aromatic carbocycles. The first-order valence-electron chi connectivity index (χ1n) is 4.68. The molecule has 1 heterocycles. The second-order valence-corrected chi connectivity index (χ2v) is 5.74. The quantitative estimate of drug-likeness (QED) is 0.637. The average molecular weight is 324 g/mol. The Morgan fingerprint density at radius 2 is 2.00 bits per heavy atom. The highest BCUT2D eigenvalue weighted by Gasteiger charge is 2.30. The molecule has 0 bridgehead atoms. The molecule has 1 atom stereocenters. The summed E-state index contributed by atoms with van der Waals surface area (Å²) in [7, 11) is 0. The summed E-state index contributed by atoms with van der Waals surface area (Å²) in [5.41, 5.74) is 6.91. The van der Waals surface area contributed by atoms with Crippen LogP contribution in [0.25, 0.3) is 0 Å². The number of benzene rings is 1. The SMILES string of the molecule is Nc1cc(Cl)c(Cl)cc1N1CC(Br)CC1=O. The van der Waals surface area contributed by atoms with Gasteiger partial charge in [0.15, 0.2) is 0 Å². The van der Waals surface area contributed by atoms with Crippen LogP contribution in [0.3, 0.4) is 0 Å². The third-order valence-corrected chi connectivity index (χ3v) is 3.77. The van der Waals surface area contributed by atoms with Gasteiger partial charge in [0.2, 0.25) is 5.91 Å². The molecule has 1 aliphatic rings. The third kappa shape index (κ3) is 2.14. The summed E-state index contributed by atoms with van der Waals surface area (Å²) in [5, 5.41) is 0.793. The van der Waals surface area contributed by atoms with Gasteiger partial charge in [-0.3, -0.25) is 4.79 Å². The number of halogens is 3. The molecule has 0 radical (unpaired) electrons. The Labute approximate surface area is 112 Å². The number of alkyl halides is 1. The lowest BCUT2D eigenvalue weighted by Gasteiger charge is -2.18.